The highest BCUT2D eigenvalue weighted by Gasteiger charge is 2.19. The van der Waals surface area contributed by atoms with E-state index in [1.54, 1.807) is 0 Å². The standard InChI is InChI=1S/C66H124O6/c1-4-7-10-13-16-19-22-24-26-28-30-32-33-35-36-38-40-42-44-47-50-53-56-59-65(68)71-62-63(61-70-64(67)58-55-52-49-46-21-18-15-12-9-6-3)72-66(69)60-57-54-51-48-45-43-41-39-37-34-31-29-27-25-23-20-17-14-11-8-5-2/h28-31,63H,4-27,32-62H2,1-3H3/b30-28-,31-29-. The minimum atomic E-state index is -0.769. The third-order valence-electron chi connectivity index (χ3n) is 14.7. The molecular formula is C66H124O6. The van der Waals surface area contributed by atoms with E-state index in [1.165, 1.54) is 263 Å². The largest absolute Gasteiger partial charge is 0.462 e. The summed E-state index contributed by atoms with van der Waals surface area (Å²) < 4.78 is 16.9. The van der Waals surface area contributed by atoms with Gasteiger partial charge in [-0.3, -0.25) is 14.4 Å². The quantitative estimate of drug-likeness (QED) is 0.0261. The van der Waals surface area contributed by atoms with Gasteiger partial charge in [0.1, 0.15) is 13.2 Å². The second-order valence-electron chi connectivity index (χ2n) is 22.0. The molecule has 6 heteroatoms. The van der Waals surface area contributed by atoms with Gasteiger partial charge in [0.2, 0.25) is 0 Å². The summed E-state index contributed by atoms with van der Waals surface area (Å²) in [5.41, 5.74) is 0. The lowest BCUT2D eigenvalue weighted by molar-refractivity contribution is -0.167. The summed E-state index contributed by atoms with van der Waals surface area (Å²) in [5, 5.41) is 0. The van der Waals surface area contributed by atoms with Crippen LogP contribution in [0, 0.1) is 0 Å². The SMILES string of the molecule is CCCCCCCCCC/C=C\CCCCCCCCCCCCCC(=O)OCC(COC(=O)CCCCCCCCCCCC)OC(=O)CCCCCCCCCCC/C=C\CCCCCCCCCC. The van der Waals surface area contributed by atoms with Gasteiger partial charge in [0.25, 0.3) is 0 Å². The van der Waals surface area contributed by atoms with Gasteiger partial charge in [-0.1, -0.05) is 295 Å². The molecule has 0 aliphatic carbocycles. The first-order valence-electron chi connectivity index (χ1n) is 32.3. The lowest BCUT2D eigenvalue weighted by Crippen LogP contribution is -2.30. The van der Waals surface area contributed by atoms with Crippen molar-refractivity contribution in [2.24, 2.45) is 0 Å². The first-order valence-corrected chi connectivity index (χ1v) is 32.3. The third-order valence-corrected chi connectivity index (χ3v) is 14.7. The van der Waals surface area contributed by atoms with Crippen LogP contribution in [0.1, 0.15) is 361 Å². The van der Waals surface area contributed by atoms with E-state index in [1.807, 2.05) is 0 Å². The number of ether oxygens (including phenoxy) is 3. The lowest BCUT2D eigenvalue weighted by Gasteiger charge is -2.18. The molecule has 72 heavy (non-hydrogen) atoms. The van der Waals surface area contributed by atoms with Crippen molar-refractivity contribution in [1.82, 2.24) is 0 Å². The number of carbonyl (C=O) groups is 3. The van der Waals surface area contributed by atoms with Crippen molar-refractivity contribution in [2.75, 3.05) is 13.2 Å². The van der Waals surface area contributed by atoms with Crippen LogP contribution in [-0.4, -0.2) is 37.2 Å². The van der Waals surface area contributed by atoms with Gasteiger partial charge in [-0.05, 0) is 70.6 Å². The molecule has 0 aliphatic heterocycles. The van der Waals surface area contributed by atoms with Crippen LogP contribution in [0.3, 0.4) is 0 Å². The molecule has 0 N–H and O–H groups in total. The summed E-state index contributed by atoms with van der Waals surface area (Å²) in [7, 11) is 0. The van der Waals surface area contributed by atoms with Crippen LogP contribution in [-0.2, 0) is 28.6 Å². The fourth-order valence-corrected chi connectivity index (χ4v) is 9.79. The molecule has 0 heterocycles. The van der Waals surface area contributed by atoms with Gasteiger partial charge in [-0.25, -0.2) is 0 Å². The van der Waals surface area contributed by atoms with Crippen LogP contribution in [0.25, 0.3) is 0 Å². The summed E-state index contributed by atoms with van der Waals surface area (Å²) in [6.45, 7) is 6.69. The number of allylic oxidation sites excluding steroid dienone is 4. The van der Waals surface area contributed by atoms with Gasteiger partial charge in [-0.2, -0.15) is 0 Å². The van der Waals surface area contributed by atoms with E-state index in [2.05, 4.69) is 45.1 Å². The molecule has 424 valence electrons. The number of unbranched alkanes of at least 4 members (excludes halogenated alkanes) is 45. The molecule has 0 rings (SSSR count). The number of hydrogen-bond acceptors (Lipinski definition) is 6. The van der Waals surface area contributed by atoms with E-state index in [9.17, 15) is 14.4 Å². The topological polar surface area (TPSA) is 78.9 Å². The highest BCUT2D eigenvalue weighted by Crippen LogP contribution is 2.17. The first kappa shape index (κ1) is 69.9. The molecule has 0 saturated heterocycles. The predicted octanol–water partition coefficient (Wildman–Crippen LogP) is 21.8. The number of hydrogen-bond donors (Lipinski definition) is 0. The zero-order chi connectivity index (χ0) is 52.2. The minimum Gasteiger partial charge on any atom is -0.462 e. The number of rotatable bonds is 60. The molecule has 0 fully saturated rings. The summed E-state index contributed by atoms with van der Waals surface area (Å²) >= 11 is 0. The molecule has 0 aliphatic rings. The maximum Gasteiger partial charge on any atom is 0.306 e. The Morgan fingerprint density at radius 2 is 0.458 bits per heavy atom. The van der Waals surface area contributed by atoms with Crippen molar-refractivity contribution < 1.29 is 28.6 Å². The first-order chi connectivity index (χ1) is 35.5. The van der Waals surface area contributed by atoms with Gasteiger partial charge < -0.3 is 14.2 Å². The zero-order valence-electron chi connectivity index (χ0n) is 48.7. The number of esters is 3. The Labute approximate surface area is 449 Å². The third kappa shape index (κ3) is 58.8. The average molecular weight is 1010 g/mol. The maximum absolute atomic E-state index is 12.9. The van der Waals surface area contributed by atoms with Crippen molar-refractivity contribution >= 4 is 17.9 Å². The molecule has 0 radical (unpaired) electrons. The van der Waals surface area contributed by atoms with Gasteiger partial charge >= 0.3 is 17.9 Å². The second kappa shape index (κ2) is 61.4. The van der Waals surface area contributed by atoms with Gasteiger partial charge in [-0.15, -0.1) is 0 Å². The normalized spacial score (nSPS) is 12.1. The van der Waals surface area contributed by atoms with E-state index in [4.69, 9.17) is 14.2 Å². The molecule has 1 unspecified atom stereocenters. The van der Waals surface area contributed by atoms with Crippen molar-refractivity contribution in [3.63, 3.8) is 0 Å². The Morgan fingerprint density at radius 1 is 0.264 bits per heavy atom. The Balaban J connectivity index is 4.20. The van der Waals surface area contributed by atoms with Crippen molar-refractivity contribution in [1.29, 1.82) is 0 Å². The molecule has 0 spiro atoms. The molecule has 0 aromatic heterocycles. The molecule has 0 amide bonds. The van der Waals surface area contributed by atoms with Crippen LogP contribution < -0.4 is 0 Å². The van der Waals surface area contributed by atoms with E-state index >= 15 is 0 Å². The van der Waals surface area contributed by atoms with Gasteiger partial charge in [0.15, 0.2) is 6.10 Å². The van der Waals surface area contributed by atoms with E-state index in [-0.39, 0.29) is 31.1 Å². The summed E-state index contributed by atoms with van der Waals surface area (Å²) in [4.78, 5) is 38.2. The fourth-order valence-electron chi connectivity index (χ4n) is 9.79. The Bertz CT molecular complexity index is 1160. The molecule has 1 atom stereocenters. The monoisotopic (exact) mass is 1010 g/mol. The smallest absolute Gasteiger partial charge is 0.306 e. The summed E-state index contributed by atoms with van der Waals surface area (Å²) in [6.07, 6.45) is 73.4. The maximum atomic E-state index is 12.9. The molecule has 0 bridgehead atoms. The van der Waals surface area contributed by atoms with E-state index in [0.717, 1.165) is 57.8 Å². The van der Waals surface area contributed by atoms with E-state index < -0.39 is 6.10 Å². The Morgan fingerprint density at radius 3 is 0.694 bits per heavy atom. The molecule has 0 aromatic carbocycles. The fraction of sp³-hybridized carbons (Fsp3) is 0.894. The van der Waals surface area contributed by atoms with Gasteiger partial charge in [0, 0.05) is 19.3 Å². The predicted molar refractivity (Wildman–Crippen MR) is 312 cm³/mol. The number of carbonyl (C=O) groups excluding carboxylic acids is 3. The summed E-state index contributed by atoms with van der Waals surface area (Å²) in [6, 6.07) is 0. The van der Waals surface area contributed by atoms with Crippen molar-refractivity contribution in [3.8, 4) is 0 Å². The molecule has 0 aromatic rings. The molecule has 6 nitrogen and oxygen atoms in total. The summed E-state index contributed by atoms with van der Waals surface area (Å²) in [5.74, 6) is -0.848. The zero-order valence-corrected chi connectivity index (χ0v) is 48.7. The van der Waals surface area contributed by atoms with Crippen LogP contribution in [0.15, 0.2) is 24.3 Å². The van der Waals surface area contributed by atoms with Gasteiger partial charge in [0.05, 0.1) is 0 Å². The molecule has 0 saturated carbocycles. The highest BCUT2D eigenvalue weighted by molar-refractivity contribution is 5.71. The Kier molecular flexibility index (Phi) is 59.6. The van der Waals surface area contributed by atoms with E-state index in [0.29, 0.717) is 19.3 Å². The average Bonchev–Trinajstić information content (AvgIpc) is 3.38. The van der Waals surface area contributed by atoms with Crippen LogP contribution >= 0.6 is 0 Å². The highest BCUT2D eigenvalue weighted by atomic mass is 16.6. The van der Waals surface area contributed by atoms with Crippen LogP contribution in [0.2, 0.25) is 0 Å². The van der Waals surface area contributed by atoms with Crippen LogP contribution in [0.4, 0.5) is 0 Å². The van der Waals surface area contributed by atoms with Crippen LogP contribution in [0.5, 0.6) is 0 Å². The van der Waals surface area contributed by atoms with Crippen molar-refractivity contribution in [3.05, 3.63) is 24.3 Å². The van der Waals surface area contributed by atoms with Crippen molar-refractivity contribution in [2.45, 2.75) is 367 Å². The molecular weight excluding hydrogens is 889 g/mol. The lowest BCUT2D eigenvalue weighted by atomic mass is 10.0. The minimum absolute atomic E-state index is 0.0675. The second-order valence-corrected chi connectivity index (χ2v) is 22.0. The Hall–Kier alpha value is -2.11.